The second-order valence-corrected chi connectivity index (χ2v) is 4.94. The summed E-state index contributed by atoms with van der Waals surface area (Å²) in [6.45, 7) is 4.21. The molecule has 0 bridgehead atoms. The van der Waals surface area contributed by atoms with Crippen LogP contribution in [0.1, 0.15) is 27.6 Å². The van der Waals surface area contributed by atoms with Crippen molar-refractivity contribution < 1.29 is 0 Å². The monoisotopic (exact) mass is 217 g/mol. The fourth-order valence-electron chi connectivity index (χ4n) is 1.76. The number of thiophene rings is 1. The fraction of sp³-hybridized carbons (Fsp3) is 0.231. The van der Waals surface area contributed by atoms with E-state index in [0.717, 1.165) is 0 Å². The largest absolute Gasteiger partial charge is 0.320 e. The molecule has 0 aliphatic carbocycles. The van der Waals surface area contributed by atoms with E-state index in [1.807, 2.05) is 0 Å². The maximum Gasteiger partial charge on any atom is 0.0562 e. The van der Waals surface area contributed by atoms with Gasteiger partial charge in [0.1, 0.15) is 0 Å². The van der Waals surface area contributed by atoms with Gasteiger partial charge in [0.05, 0.1) is 6.04 Å². The van der Waals surface area contributed by atoms with Crippen LogP contribution < -0.4 is 5.73 Å². The quantitative estimate of drug-likeness (QED) is 0.819. The van der Waals surface area contributed by atoms with Gasteiger partial charge in [-0.2, -0.15) is 0 Å². The molecule has 1 aromatic heterocycles. The molecule has 1 aromatic carbocycles. The minimum atomic E-state index is 0.0103. The molecule has 2 heteroatoms. The smallest absolute Gasteiger partial charge is 0.0562 e. The number of hydrogen-bond donors (Lipinski definition) is 1. The van der Waals surface area contributed by atoms with Crippen LogP contribution in [0.3, 0.4) is 0 Å². The van der Waals surface area contributed by atoms with Crippen LogP contribution in [-0.4, -0.2) is 0 Å². The highest BCUT2D eigenvalue weighted by Gasteiger charge is 2.11. The van der Waals surface area contributed by atoms with Crippen molar-refractivity contribution in [3.63, 3.8) is 0 Å². The van der Waals surface area contributed by atoms with Gasteiger partial charge in [-0.25, -0.2) is 0 Å². The first-order chi connectivity index (χ1) is 7.18. The third-order valence-electron chi connectivity index (χ3n) is 2.64. The summed E-state index contributed by atoms with van der Waals surface area (Å²) >= 11 is 1.75. The minimum Gasteiger partial charge on any atom is -0.320 e. The van der Waals surface area contributed by atoms with Gasteiger partial charge in [-0.15, -0.1) is 11.3 Å². The van der Waals surface area contributed by atoms with Crippen LogP contribution in [-0.2, 0) is 0 Å². The Morgan fingerprint density at radius 2 is 2.00 bits per heavy atom. The Balaban J connectivity index is 2.36. The van der Waals surface area contributed by atoms with Gasteiger partial charge in [-0.1, -0.05) is 29.8 Å². The molecule has 2 rings (SSSR count). The molecule has 1 unspecified atom stereocenters. The van der Waals surface area contributed by atoms with E-state index in [1.165, 1.54) is 21.6 Å². The Kier molecular flexibility index (Phi) is 2.89. The molecule has 0 fully saturated rings. The van der Waals surface area contributed by atoms with E-state index in [9.17, 15) is 0 Å². The first kappa shape index (κ1) is 10.4. The highest BCUT2D eigenvalue weighted by Crippen LogP contribution is 2.26. The minimum absolute atomic E-state index is 0.0103. The van der Waals surface area contributed by atoms with E-state index in [0.29, 0.717) is 0 Å². The maximum atomic E-state index is 6.24. The van der Waals surface area contributed by atoms with Crippen LogP contribution in [0.15, 0.2) is 35.7 Å². The lowest BCUT2D eigenvalue weighted by Gasteiger charge is -2.12. The predicted octanol–water partition coefficient (Wildman–Crippen LogP) is 3.41. The Bertz CT molecular complexity index is 459. The zero-order chi connectivity index (χ0) is 10.8. The molecule has 0 aliphatic rings. The van der Waals surface area contributed by atoms with Crippen LogP contribution in [0.5, 0.6) is 0 Å². The highest BCUT2D eigenvalue weighted by molar-refractivity contribution is 7.10. The fourth-order valence-corrected chi connectivity index (χ4v) is 2.51. The van der Waals surface area contributed by atoms with Crippen molar-refractivity contribution in [2.24, 2.45) is 5.73 Å². The van der Waals surface area contributed by atoms with Crippen molar-refractivity contribution in [2.75, 3.05) is 0 Å². The third kappa shape index (κ3) is 2.11. The summed E-state index contributed by atoms with van der Waals surface area (Å²) in [5.74, 6) is 0. The van der Waals surface area contributed by atoms with Crippen molar-refractivity contribution in [3.05, 3.63) is 57.3 Å². The average molecular weight is 217 g/mol. The number of nitrogens with two attached hydrogens (primary N) is 1. The van der Waals surface area contributed by atoms with E-state index in [-0.39, 0.29) is 6.04 Å². The van der Waals surface area contributed by atoms with Crippen LogP contribution in [0.2, 0.25) is 0 Å². The topological polar surface area (TPSA) is 26.0 Å². The van der Waals surface area contributed by atoms with Gasteiger partial charge >= 0.3 is 0 Å². The number of benzene rings is 1. The highest BCUT2D eigenvalue weighted by atomic mass is 32.1. The predicted molar refractivity (Wildman–Crippen MR) is 66.3 cm³/mol. The molecule has 2 aromatic rings. The zero-order valence-electron chi connectivity index (χ0n) is 9.03. The number of aryl methyl sites for hydroxylation is 2. The van der Waals surface area contributed by atoms with Gasteiger partial charge in [0.2, 0.25) is 0 Å². The molecule has 1 nitrogen and oxygen atoms in total. The van der Waals surface area contributed by atoms with Crippen LogP contribution in [0.4, 0.5) is 0 Å². The van der Waals surface area contributed by atoms with E-state index in [2.05, 4.69) is 49.6 Å². The van der Waals surface area contributed by atoms with Crippen molar-refractivity contribution in [3.8, 4) is 0 Å². The van der Waals surface area contributed by atoms with Crippen LogP contribution in [0.25, 0.3) is 0 Å². The molecule has 0 saturated heterocycles. The van der Waals surface area contributed by atoms with Crippen molar-refractivity contribution in [2.45, 2.75) is 19.9 Å². The average Bonchev–Trinajstić information content (AvgIpc) is 2.63. The molecule has 0 radical (unpaired) electrons. The van der Waals surface area contributed by atoms with Gasteiger partial charge in [0.25, 0.3) is 0 Å². The van der Waals surface area contributed by atoms with Crippen molar-refractivity contribution in [1.82, 2.24) is 0 Å². The zero-order valence-corrected chi connectivity index (χ0v) is 9.84. The summed E-state index contributed by atoms with van der Waals surface area (Å²) in [5.41, 5.74) is 9.93. The first-order valence-electron chi connectivity index (χ1n) is 5.04. The van der Waals surface area contributed by atoms with E-state index in [4.69, 9.17) is 5.73 Å². The molecule has 2 N–H and O–H groups in total. The van der Waals surface area contributed by atoms with Gasteiger partial charge in [0.15, 0.2) is 0 Å². The summed E-state index contributed by atoms with van der Waals surface area (Å²) in [6, 6.07) is 10.5. The first-order valence-corrected chi connectivity index (χ1v) is 5.92. The van der Waals surface area contributed by atoms with Gasteiger partial charge < -0.3 is 5.73 Å². The molecule has 0 aliphatic heterocycles. The molecule has 1 atom stereocenters. The molecule has 0 amide bonds. The van der Waals surface area contributed by atoms with E-state index < -0.39 is 0 Å². The van der Waals surface area contributed by atoms with Crippen LogP contribution in [0, 0.1) is 13.8 Å². The summed E-state index contributed by atoms with van der Waals surface area (Å²) in [5, 5.41) is 2.10. The van der Waals surface area contributed by atoms with Gasteiger partial charge in [0, 0.05) is 4.88 Å². The summed E-state index contributed by atoms with van der Waals surface area (Å²) in [6.07, 6.45) is 0. The molecule has 15 heavy (non-hydrogen) atoms. The van der Waals surface area contributed by atoms with Crippen LogP contribution >= 0.6 is 11.3 Å². The second kappa shape index (κ2) is 4.17. The summed E-state index contributed by atoms with van der Waals surface area (Å²) < 4.78 is 0. The molecule has 0 saturated carbocycles. The molecular weight excluding hydrogens is 202 g/mol. The lowest BCUT2D eigenvalue weighted by atomic mass is 9.99. The van der Waals surface area contributed by atoms with Gasteiger partial charge in [-0.05, 0) is 36.4 Å². The second-order valence-electron chi connectivity index (χ2n) is 3.82. The van der Waals surface area contributed by atoms with E-state index in [1.54, 1.807) is 11.3 Å². The SMILES string of the molecule is Cc1cccc(C(N)c2ccsc2C)c1. The normalized spacial score (nSPS) is 12.7. The number of hydrogen-bond acceptors (Lipinski definition) is 2. The maximum absolute atomic E-state index is 6.24. The summed E-state index contributed by atoms with van der Waals surface area (Å²) in [7, 11) is 0. The molecule has 0 spiro atoms. The Morgan fingerprint density at radius 3 is 2.60 bits per heavy atom. The summed E-state index contributed by atoms with van der Waals surface area (Å²) in [4.78, 5) is 1.31. The standard InChI is InChI=1S/C13H15NS/c1-9-4-3-5-11(8-9)13(14)12-6-7-15-10(12)2/h3-8,13H,14H2,1-2H3. The molecule has 1 heterocycles. The lowest BCUT2D eigenvalue weighted by molar-refractivity contribution is 0.868. The Labute approximate surface area is 94.6 Å². The molecular formula is C13H15NS. The van der Waals surface area contributed by atoms with Crippen molar-refractivity contribution in [1.29, 1.82) is 0 Å². The van der Waals surface area contributed by atoms with Crippen molar-refractivity contribution >= 4 is 11.3 Å². The molecule has 78 valence electrons. The number of rotatable bonds is 2. The van der Waals surface area contributed by atoms with Gasteiger partial charge in [-0.3, -0.25) is 0 Å². The Hall–Kier alpha value is -1.12. The van der Waals surface area contributed by atoms with E-state index >= 15 is 0 Å². The Morgan fingerprint density at radius 1 is 1.20 bits per heavy atom. The third-order valence-corrected chi connectivity index (χ3v) is 3.50. The lowest BCUT2D eigenvalue weighted by Crippen LogP contribution is -2.11.